The molecule has 0 atom stereocenters. The normalized spacial score (nSPS) is 20.6. The number of nitrogens with zero attached hydrogens (tertiary/aromatic N) is 1. The van der Waals surface area contributed by atoms with Gasteiger partial charge in [0.05, 0.1) is 13.2 Å². The highest BCUT2D eigenvalue weighted by Crippen LogP contribution is 2.22. The molecule has 0 saturated heterocycles. The molecule has 1 aromatic carbocycles. The van der Waals surface area contributed by atoms with E-state index >= 15 is 0 Å². The van der Waals surface area contributed by atoms with Crippen molar-refractivity contribution in [3.05, 3.63) is 24.3 Å². The molecule has 2 fully saturated rings. The zero-order valence-electron chi connectivity index (χ0n) is 14.9. The molecular formula is C20H31N3O. The molecular weight excluding hydrogens is 298 g/mol. The van der Waals surface area contributed by atoms with E-state index in [4.69, 9.17) is 9.73 Å². The minimum Gasteiger partial charge on any atom is -0.497 e. The molecule has 2 N–H and O–H groups in total. The summed E-state index contributed by atoms with van der Waals surface area (Å²) in [6.07, 6.45) is 12.9. The van der Waals surface area contributed by atoms with Gasteiger partial charge in [0, 0.05) is 17.8 Å². The van der Waals surface area contributed by atoms with Crippen molar-refractivity contribution in [2.24, 2.45) is 4.99 Å². The van der Waals surface area contributed by atoms with E-state index in [1.807, 2.05) is 18.2 Å². The van der Waals surface area contributed by atoms with E-state index in [-0.39, 0.29) is 0 Å². The number of ether oxygens (including phenoxy) is 1. The first-order chi connectivity index (χ1) is 11.8. The standard InChI is InChI=1S/C20H31N3O/c1-24-19-14-8-13-18(15-19)23-20(21-16-9-4-2-5-10-16)22-17-11-6-3-7-12-17/h8,13-17H,2-7,9-12H2,1H3,(H2,21,22,23). The lowest BCUT2D eigenvalue weighted by molar-refractivity contribution is 0.408. The molecule has 0 bridgehead atoms. The van der Waals surface area contributed by atoms with Gasteiger partial charge in [0.1, 0.15) is 5.75 Å². The third-order valence-electron chi connectivity index (χ3n) is 5.16. The molecule has 4 heteroatoms. The van der Waals surface area contributed by atoms with E-state index in [0.717, 1.165) is 17.4 Å². The number of benzene rings is 1. The number of hydrogen-bond donors (Lipinski definition) is 2. The molecule has 24 heavy (non-hydrogen) atoms. The molecule has 2 saturated carbocycles. The third kappa shape index (κ3) is 5.15. The molecule has 0 spiro atoms. The summed E-state index contributed by atoms with van der Waals surface area (Å²) < 4.78 is 5.34. The second kappa shape index (κ2) is 8.95. The molecule has 0 aromatic heterocycles. The number of anilines is 1. The highest BCUT2D eigenvalue weighted by Gasteiger charge is 2.17. The lowest BCUT2D eigenvalue weighted by atomic mass is 9.95. The number of guanidine groups is 1. The molecule has 4 nitrogen and oxygen atoms in total. The fourth-order valence-corrected chi connectivity index (χ4v) is 3.78. The maximum Gasteiger partial charge on any atom is 0.196 e. The monoisotopic (exact) mass is 329 g/mol. The van der Waals surface area contributed by atoms with Crippen LogP contribution in [-0.2, 0) is 0 Å². The molecule has 0 radical (unpaired) electrons. The van der Waals surface area contributed by atoms with Gasteiger partial charge in [0.2, 0.25) is 0 Å². The summed E-state index contributed by atoms with van der Waals surface area (Å²) in [7, 11) is 1.70. The van der Waals surface area contributed by atoms with Crippen LogP contribution in [0, 0.1) is 0 Å². The lowest BCUT2D eigenvalue weighted by Gasteiger charge is -2.27. The Morgan fingerprint density at radius 1 is 1.00 bits per heavy atom. The van der Waals surface area contributed by atoms with E-state index in [2.05, 4.69) is 16.7 Å². The first kappa shape index (κ1) is 17.1. The van der Waals surface area contributed by atoms with Gasteiger partial charge in [-0.3, -0.25) is 0 Å². The first-order valence-corrected chi connectivity index (χ1v) is 9.59. The SMILES string of the molecule is COc1cccc(NC(=NC2CCCCC2)NC2CCCCC2)c1. The van der Waals surface area contributed by atoms with E-state index in [9.17, 15) is 0 Å². The Morgan fingerprint density at radius 3 is 2.42 bits per heavy atom. The topological polar surface area (TPSA) is 45.6 Å². The van der Waals surface area contributed by atoms with Crippen LogP contribution >= 0.6 is 0 Å². The Bertz CT molecular complexity index is 531. The predicted molar refractivity (Wildman–Crippen MR) is 101 cm³/mol. The Labute approximate surface area is 146 Å². The van der Waals surface area contributed by atoms with Crippen molar-refractivity contribution in [1.29, 1.82) is 0 Å². The summed E-state index contributed by atoms with van der Waals surface area (Å²) >= 11 is 0. The van der Waals surface area contributed by atoms with E-state index in [1.165, 1.54) is 64.2 Å². The molecule has 0 unspecified atom stereocenters. The molecule has 132 valence electrons. The zero-order chi connectivity index (χ0) is 16.6. The molecule has 2 aliphatic rings. The van der Waals surface area contributed by atoms with Crippen molar-refractivity contribution in [1.82, 2.24) is 5.32 Å². The average molecular weight is 329 g/mol. The number of methoxy groups -OCH3 is 1. The van der Waals surface area contributed by atoms with Crippen LogP contribution in [0.2, 0.25) is 0 Å². The van der Waals surface area contributed by atoms with Gasteiger partial charge in [-0.05, 0) is 37.8 Å². The quantitative estimate of drug-likeness (QED) is 0.621. The van der Waals surface area contributed by atoms with Crippen LogP contribution in [-0.4, -0.2) is 25.2 Å². The minimum atomic E-state index is 0.461. The van der Waals surface area contributed by atoms with Crippen LogP contribution in [0.3, 0.4) is 0 Å². The summed E-state index contributed by atoms with van der Waals surface area (Å²) in [6, 6.07) is 9.10. The maximum absolute atomic E-state index is 5.34. The minimum absolute atomic E-state index is 0.461. The fourth-order valence-electron chi connectivity index (χ4n) is 3.78. The molecule has 1 aromatic rings. The van der Waals surface area contributed by atoms with Gasteiger partial charge in [-0.25, -0.2) is 4.99 Å². The van der Waals surface area contributed by atoms with Crippen LogP contribution in [0.15, 0.2) is 29.3 Å². The second-order valence-electron chi connectivity index (χ2n) is 7.11. The van der Waals surface area contributed by atoms with Crippen LogP contribution in [0.4, 0.5) is 5.69 Å². The Balaban J connectivity index is 1.70. The van der Waals surface area contributed by atoms with Crippen LogP contribution in [0.1, 0.15) is 64.2 Å². The molecule has 0 amide bonds. The van der Waals surface area contributed by atoms with Gasteiger partial charge in [-0.1, -0.05) is 44.6 Å². The van der Waals surface area contributed by atoms with Crippen molar-refractivity contribution in [3.8, 4) is 5.75 Å². The molecule has 2 aliphatic carbocycles. The van der Waals surface area contributed by atoms with Crippen molar-refractivity contribution >= 4 is 11.6 Å². The van der Waals surface area contributed by atoms with Crippen molar-refractivity contribution in [2.75, 3.05) is 12.4 Å². The smallest absolute Gasteiger partial charge is 0.196 e. The number of hydrogen-bond acceptors (Lipinski definition) is 2. The zero-order valence-corrected chi connectivity index (χ0v) is 14.9. The van der Waals surface area contributed by atoms with E-state index in [0.29, 0.717) is 12.1 Å². The van der Waals surface area contributed by atoms with Gasteiger partial charge in [0.15, 0.2) is 5.96 Å². The van der Waals surface area contributed by atoms with Gasteiger partial charge in [-0.2, -0.15) is 0 Å². The molecule has 0 heterocycles. The maximum atomic E-state index is 5.34. The van der Waals surface area contributed by atoms with E-state index in [1.54, 1.807) is 7.11 Å². The van der Waals surface area contributed by atoms with Crippen LogP contribution < -0.4 is 15.4 Å². The highest BCUT2D eigenvalue weighted by atomic mass is 16.5. The molecule has 3 rings (SSSR count). The predicted octanol–water partition coefficient (Wildman–Crippen LogP) is 4.72. The number of aliphatic imine (C=N–C) groups is 1. The van der Waals surface area contributed by atoms with Crippen molar-refractivity contribution in [3.63, 3.8) is 0 Å². The third-order valence-corrected chi connectivity index (χ3v) is 5.16. The van der Waals surface area contributed by atoms with E-state index < -0.39 is 0 Å². The highest BCUT2D eigenvalue weighted by molar-refractivity contribution is 5.94. The summed E-state index contributed by atoms with van der Waals surface area (Å²) in [5, 5.41) is 7.19. The summed E-state index contributed by atoms with van der Waals surface area (Å²) in [6.45, 7) is 0. The van der Waals surface area contributed by atoms with Crippen LogP contribution in [0.25, 0.3) is 0 Å². The van der Waals surface area contributed by atoms with Gasteiger partial charge >= 0.3 is 0 Å². The molecule has 0 aliphatic heterocycles. The summed E-state index contributed by atoms with van der Waals surface area (Å²) in [5.74, 6) is 1.82. The Hall–Kier alpha value is -1.71. The Kier molecular flexibility index (Phi) is 6.39. The average Bonchev–Trinajstić information content (AvgIpc) is 2.63. The fraction of sp³-hybridized carbons (Fsp3) is 0.650. The van der Waals surface area contributed by atoms with Crippen molar-refractivity contribution in [2.45, 2.75) is 76.3 Å². The van der Waals surface area contributed by atoms with Gasteiger partial charge in [0.25, 0.3) is 0 Å². The second-order valence-corrected chi connectivity index (χ2v) is 7.11. The van der Waals surface area contributed by atoms with Crippen LogP contribution in [0.5, 0.6) is 5.75 Å². The van der Waals surface area contributed by atoms with Gasteiger partial charge < -0.3 is 15.4 Å². The van der Waals surface area contributed by atoms with Crippen molar-refractivity contribution < 1.29 is 4.74 Å². The first-order valence-electron chi connectivity index (χ1n) is 9.59. The summed E-state index contributed by atoms with van der Waals surface area (Å²) in [4.78, 5) is 5.03. The lowest BCUT2D eigenvalue weighted by Crippen LogP contribution is -2.41. The number of nitrogens with one attached hydrogen (secondary N) is 2. The van der Waals surface area contributed by atoms with Gasteiger partial charge in [-0.15, -0.1) is 0 Å². The Morgan fingerprint density at radius 2 is 1.71 bits per heavy atom. The summed E-state index contributed by atoms with van der Waals surface area (Å²) in [5.41, 5.74) is 1.03. The number of rotatable bonds is 4. The largest absolute Gasteiger partial charge is 0.497 e.